The molecule has 6 heteroatoms. The Bertz CT molecular complexity index is 722. The van der Waals surface area contributed by atoms with E-state index < -0.39 is 5.60 Å². The predicted octanol–water partition coefficient (Wildman–Crippen LogP) is 4.15. The van der Waals surface area contributed by atoms with Gasteiger partial charge in [-0.1, -0.05) is 30.7 Å². The Morgan fingerprint density at radius 1 is 1.28 bits per heavy atom. The molecule has 1 aliphatic carbocycles. The first-order chi connectivity index (χ1) is 12.1. The van der Waals surface area contributed by atoms with Crippen molar-refractivity contribution in [2.45, 2.75) is 31.9 Å². The molecule has 2 atom stereocenters. The summed E-state index contributed by atoms with van der Waals surface area (Å²) in [5.41, 5.74) is -0.0591. The van der Waals surface area contributed by atoms with Crippen LogP contribution in [0.3, 0.4) is 0 Å². The second-order valence-corrected chi connectivity index (χ2v) is 6.88. The molecule has 4 rings (SSSR count). The number of rotatable bonds is 5. The van der Waals surface area contributed by atoms with Gasteiger partial charge in [-0.05, 0) is 54.5 Å². The maximum absolute atomic E-state index is 11.3. The summed E-state index contributed by atoms with van der Waals surface area (Å²) < 4.78 is 6.27. The Morgan fingerprint density at radius 3 is 2.44 bits per heavy atom. The molecule has 0 amide bonds. The number of aliphatic hydroxyl groups is 1. The number of benzene rings is 1. The van der Waals surface area contributed by atoms with E-state index in [1.807, 2.05) is 36.4 Å². The number of nitrogens with zero attached hydrogens (tertiary/aromatic N) is 3. The lowest BCUT2D eigenvalue weighted by molar-refractivity contribution is -0.0442. The van der Waals surface area contributed by atoms with Crippen molar-refractivity contribution < 1.29 is 9.52 Å². The van der Waals surface area contributed by atoms with Gasteiger partial charge in [0, 0.05) is 5.02 Å². The Balaban J connectivity index is 0.000000314. The largest absolute Gasteiger partial charge is 0.473 e. The fourth-order valence-corrected chi connectivity index (χ4v) is 3.14. The maximum atomic E-state index is 11.3. The van der Waals surface area contributed by atoms with Gasteiger partial charge < -0.3 is 9.52 Å². The van der Waals surface area contributed by atoms with Crippen LogP contribution in [0, 0.1) is 11.8 Å². The normalized spacial score (nSPS) is 17.2. The van der Waals surface area contributed by atoms with Crippen LogP contribution >= 0.6 is 11.6 Å². The molecule has 0 bridgehead atoms. The smallest absolute Gasteiger partial charge is 0.137 e. The molecule has 0 saturated heterocycles. The van der Waals surface area contributed by atoms with Crippen molar-refractivity contribution in [3.05, 3.63) is 72.2 Å². The van der Waals surface area contributed by atoms with Crippen molar-refractivity contribution in [2.24, 2.45) is 11.8 Å². The third kappa shape index (κ3) is 4.50. The summed E-state index contributed by atoms with van der Waals surface area (Å²) in [6, 6.07) is 11.1. The average Bonchev–Trinajstić information content (AvgIpc) is 3.06. The summed E-state index contributed by atoms with van der Waals surface area (Å²) >= 11 is 5.95. The van der Waals surface area contributed by atoms with E-state index in [1.54, 1.807) is 23.5 Å². The third-order valence-electron chi connectivity index (χ3n) is 4.72. The molecule has 1 fully saturated rings. The van der Waals surface area contributed by atoms with Gasteiger partial charge in [-0.25, -0.2) is 9.67 Å². The van der Waals surface area contributed by atoms with Gasteiger partial charge in [-0.3, -0.25) is 0 Å². The van der Waals surface area contributed by atoms with Crippen LogP contribution in [0.15, 0.2) is 66.0 Å². The monoisotopic (exact) mass is 359 g/mol. The lowest BCUT2D eigenvalue weighted by Crippen LogP contribution is -2.39. The zero-order valence-corrected chi connectivity index (χ0v) is 14.9. The van der Waals surface area contributed by atoms with Crippen molar-refractivity contribution in [1.29, 1.82) is 0 Å². The molecule has 0 spiro atoms. The van der Waals surface area contributed by atoms with E-state index >= 15 is 0 Å². The first-order valence-electron chi connectivity index (χ1n) is 8.37. The predicted molar refractivity (Wildman–Crippen MR) is 96.0 cm³/mol. The summed E-state index contributed by atoms with van der Waals surface area (Å²) in [6.07, 6.45) is 8.76. The quantitative estimate of drug-likeness (QED) is 0.743. The summed E-state index contributed by atoms with van der Waals surface area (Å²) in [5.74, 6) is 0.757. The van der Waals surface area contributed by atoms with E-state index in [9.17, 15) is 5.11 Å². The minimum atomic E-state index is -0.945. The highest BCUT2D eigenvalue weighted by molar-refractivity contribution is 6.30. The minimum Gasteiger partial charge on any atom is -0.473 e. The lowest BCUT2D eigenvalue weighted by atomic mass is 9.79. The molecule has 2 heterocycles. The van der Waals surface area contributed by atoms with Crippen molar-refractivity contribution in [1.82, 2.24) is 14.8 Å². The molecular weight excluding hydrogens is 338 g/mol. The van der Waals surface area contributed by atoms with Gasteiger partial charge in [-0.2, -0.15) is 5.10 Å². The van der Waals surface area contributed by atoms with Crippen LogP contribution in [0.4, 0.5) is 0 Å². The molecule has 0 radical (unpaired) electrons. The second-order valence-electron chi connectivity index (χ2n) is 6.44. The number of hydrogen-bond acceptors (Lipinski definition) is 4. The van der Waals surface area contributed by atoms with Crippen LogP contribution in [0.5, 0.6) is 0 Å². The number of halogens is 1. The molecule has 3 aromatic rings. The van der Waals surface area contributed by atoms with Gasteiger partial charge in [0.15, 0.2) is 0 Å². The molecule has 1 saturated carbocycles. The highest BCUT2D eigenvalue weighted by Crippen LogP contribution is 2.46. The molecular formula is C19H22ClN3O2. The lowest BCUT2D eigenvalue weighted by Gasteiger charge is -2.35. The van der Waals surface area contributed by atoms with Crippen LogP contribution in [-0.2, 0) is 12.1 Å². The molecule has 5 nitrogen and oxygen atoms in total. The number of hydrogen-bond donors (Lipinski definition) is 1. The standard InChI is InChI=1S/C15H18ClN3O.C4H4O/c1-11(12-2-3-12)15(20,8-19-10-17-9-18-19)13-4-6-14(16)7-5-13;1-2-4-5-3-1/h4-7,9-12,20H,2-3,8H2,1H3;1-4H. The van der Waals surface area contributed by atoms with E-state index in [1.165, 1.54) is 19.2 Å². The Morgan fingerprint density at radius 2 is 1.96 bits per heavy atom. The van der Waals surface area contributed by atoms with Crippen LogP contribution < -0.4 is 0 Å². The summed E-state index contributed by atoms with van der Waals surface area (Å²) in [7, 11) is 0. The molecule has 1 aliphatic rings. The van der Waals surface area contributed by atoms with Gasteiger partial charge >= 0.3 is 0 Å². The van der Waals surface area contributed by atoms with Gasteiger partial charge in [0.2, 0.25) is 0 Å². The average molecular weight is 360 g/mol. The van der Waals surface area contributed by atoms with E-state index in [2.05, 4.69) is 21.4 Å². The molecule has 2 aromatic heterocycles. The van der Waals surface area contributed by atoms with Crippen molar-refractivity contribution >= 4 is 11.6 Å². The Hall–Kier alpha value is -2.11. The van der Waals surface area contributed by atoms with Gasteiger partial charge in [-0.15, -0.1) is 0 Å². The number of furan rings is 1. The third-order valence-corrected chi connectivity index (χ3v) is 4.97. The zero-order valence-electron chi connectivity index (χ0n) is 14.1. The van der Waals surface area contributed by atoms with E-state index in [0.29, 0.717) is 17.5 Å². The summed E-state index contributed by atoms with van der Waals surface area (Å²) in [4.78, 5) is 3.95. The summed E-state index contributed by atoms with van der Waals surface area (Å²) in [5, 5.41) is 16.1. The summed E-state index contributed by atoms with van der Waals surface area (Å²) in [6.45, 7) is 2.52. The molecule has 132 valence electrons. The highest BCUT2D eigenvalue weighted by atomic mass is 35.5. The fourth-order valence-electron chi connectivity index (χ4n) is 3.01. The number of aromatic nitrogens is 3. The van der Waals surface area contributed by atoms with Crippen LogP contribution in [0.25, 0.3) is 0 Å². The first-order valence-corrected chi connectivity index (χ1v) is 8.75. The molecule has 1 aromatic carbocycles. The Labute approximate surface area is 152 Å². The molecule has 2 unspecified atom stereocenters. The van der Waals surface area contributed by atoms with Gasteiger partial charge in [0.1, 0.15) is 18.3 Å². The van der Waals surface area contributed by atoms with E-state index in [4.69, 9.17) is 11.6 Å². The van der Waals surface area contributed by atoms with Crippen LogP contribution in [0.2, 0.25) is 5.02 Å². The van der Waals surface area contributed by atoms with E-state index in [0.717, 1.165) is 5.56 Å². The van der Waals surface area contributed by atoms with Crippen LogP contribution in [-0.4, -0.2) is 19.9 Å². The molecule has 0 aliphatic heterocycles. The van der Waals surface area contributed by atoms with Crippen molar-refractivity contribution in [3.63, 3.8) is 0 Å². The van der Waals surface area contributed by atoms with Crippen molar-refractivity contribution in [2.75, 3.05) is 0 Å². The first kappa shape index (κ1) is 17.7. The topological polar surface area (TPSA) is 64.1 Å². The molecule has 25 heavy (non-hydrogen) atoms. The van der Waals surface area contributed by atoms with Gasteiger partial charge in [0.25, 0.3) is 0 Å². The maximum Gasteiger partial charge on any atom is 0.137 e. The molecule has 1 N–H and O–H groups in total. The van der Waals surface area contributed by atoms with Crippen LogP contribution in [0.1, 0.15) is 25.3 Å². The minimum absolute atomic E-state index is 0.174. The Kier molecular flexibility index (Phi) is 5.56. The fraction of sp³-hybridized carbons (Fsp3) is 0.368. The van der Waals surface area contributed by atoms with Crippen molar-refractivity contribution in [3.8, 4) is 0 Å². The van der Waals surface area contributed by atoms with Gasteiger partial charge in [0.05, 0.1) is 19.1 Å². The SMILES string of the molecule is CC(C1CC1)C(O)(Cn1cncn1)c1ccc(Cl)cc1.c1ccoc1. The zero-order chi connectivity index (χ0) is 17.7. The highest BCUT2D eigenvalue weighted by Gasteiger charge is 2.44. The second kappa shape index (κ2) is 7.85. The van der Waals surface area contributed by atoms with E-state index in [-0.39, 0.29) is 5.92 Å².